The van der Waals surface area contributed by atoms with E-state index in [1.807, 2.05) is 18.2 Å². The third-order valence-corrected chi connectivity index (χ3v) is 4.14. The van der Waals surface area contributed by atoms with Gasteiger partial charge in [0.15, 0.2) is 0 Å². The van der Waals surface area contributed by atoms with E-state index in [-0.39, 0.29) is 6.04 Å². The largest absolute Gasteiger partial charge is 0.348 e. The molecule has 2 aromatic rings. The van der Waals surface area contributed by atoms with Crippen molar-refractivity contribution < 1.29 is 13.6 Å². The molecule has 1 aromatic carbocycles. The molecule has 0 bridgehead atoms. The number of rotatable bonds is 4. The first-order chi connectivity index (χ1) is 11.6. The van der Waals surface area contributed by atoms with Crippen LogP contribution < -0.4 is 5.32 Å². The lowest BCUT2D eigenvalue weighted by Crippen LogP contribution is -2.47. The first-order valence-electron chi connectivity index (χ1n) is 8.00. The fourth-order valence-electron chi connectivity index (χ4n) is 3.01. The molecule has 0 aliphatic carbocycles. The van der Waals surface area contributed by atoms with Crippen molar-refractivity contribution in [3.63, 3.8) is 0 Å². The lowest BCUT2D eigenvalue weighted by Gasteiger charge is -2.32. The van der Waals surface area contributed by atoms with Gasteiger partial charge in [0.25, 0.3) is 5.91 Å². The van der Waals surface area contributed by atoms with Crippen LogP contribution in [-0.2, 0) is 6.54 Å². The van der Waals surface area contributed by atoms with Crippen LogP contribution in [0.15, 0.2) is 42.6 Å². The first-order valence-corrected chi connectivity index (χ1v) is 8.00. The van der Waals surface area contributed by atoms with Gasteiger partial charge in [-0.05, 0) is 43.7 Å². The van der Waals surface area contributed by atoms with Crippen molar-refractivity contribution in [3.8, 4) is 0 Å². The normalized spacial score (nSPS) is 18.3. The molecule has 1 aliphatic heterocycles. The molecule has 24 heavy (non-hydrogen) atoms. The molecule has 1 amide bonds. The molecule has 0 saturated carbocycles. The monoisotopic (exact) mass is 331 g/mol. The minimum atomic E-state index is -0.839. The summed E-state index contributed by atoms with van der Waals surface area (Å²) in [7, 11) is 0. The van der Waals surface area contributed by atoms with Gasteiger partial charge in [-0.25, -0.2) is 8.78 Å². The highest BCUT2D eigenvalue weighted by atomic mass is 19.1. The van der Waals surface area contributed by atoms with E-state index in [0.29, 0.717) is 13.1 Å². The summed E-state index contributed by atoms with van der Waals surface area (Å²) in [5.41, 5.74) is 0.448. The van der Waals surface area contributed by atoms with Crippen LogP contribution in [0.2, 0.25) is 0 Å². The quantitative estimate of drug-likeness (QED) is 0.937. The van der Waals surface area contributed by atoms with E-state index < -0.39 is 23.1 Å². The Balaban J connectivity index is 1.62. The Kier molecular flexibility index (Phi) is 5.15. The van der Waals surface area contributed by atoms with Crippen LogP contribution in [0.3, 0.4) is 0 Å². The van der Waals surface area contributed by atoms with E-state index in [1.165, 1.54) is 6.07 Å². The molecule has 3 rings (SSSR count). The number of piperidine rings is 1. The summed E-state index contributed by atoms with van der Waals surface area (Å²) in [4.78, 5) is 18.7. The molecular weight excluding hydrogens is 312 g/mol. The number of halogens is 2. The Morgan fingerprint density at radius 1 is 1.21 bits per heavy atom. The van der Waals surface area contributed by atoms with Gasteiger partial charge in [0.2, 0.25) is 0 Å². The van der Waals surface area contributed by atoms with Crippen molar-refractivity contribution in [1.82, 2.24) is 15.2 Å². The number of likely N-dealkylation sites (tertiary alicyclic amines) is 1. The van der Waals surface area contributed by atoms with Gasteiger partial charge in [-0.3, -0.25) is 14.7 Å². The number of carbonyl (C=O) groups is 1. The second kappa shape index (κ2) is 7.49. The number of nitrogens with zero attached hydrogens (tertiary/aromatic N) is 2. The summed E-state index contributed by atoms with van der Waals surface area (Å²) in [5.74, 6) is -2.38. The number of carbonyl (C=O) groups excluding carboxylic acids is 1. The van der Waals surface area contributed by atoms with Crippen molar-refractivity contribution in [3.05, 3.63) is 65.5 Å². The van der Waals surface area contributed by atoms with Crippen LogP contribution in [0, 0.1) is 11.6 Å². The highest BCUT2D eigenvalue weighted by Crippen LogP contribution is 2.16. The lowest BCUT2D eigenvalue weighted by molar-refractivity contribution is 0.0892. The van der Waals surface area contributed by atoms with Gasteiger partial charge in [-0.2, -0.15) is 0 Å². The van der Waals surface area contributed by atoms with Crippen molar-refractivity contribution in [2.24, 2.45) is 0 Å². The molecule has 126 valence electrons. The Morgan fingerprint density at radius 3 is 2.71 bits per heavy atom. The molecule has 4 nitrogen and oxygen atoms in total. The van der Waals surface area contributed by atoms with Crippen LogP contribution in [-0.4, -0.2) is 34.9 Å². The van der Waals surface area contributed by atoms with E-state index in [9.17, 15) is 13.6 Å². The lowest BCUT2D eigenvalue weighted by atomic mass is 10.0. The van der Waals surface area contributed by atoms with E-state index in [2.05, 4.69) is 15.2 Å². The molecule has 1 aliphatic rings. The summed E-state index contributed by atoms with van der Waals surface area (Å²) in [5, 5.41) is 2.75. The standard InChI is InChI=1S/C18H19F2N3O/c19-15-7-3-8-16(20)17(15)18(24)22-14-6-4-10-23(12-14)11-13-5-1-2-9-21-13/h1-3,5,7-9,14H,4,6,10-12H2,(H,22,24). The van der Waals surface area contributed by atoms with E-state index in [4.69, 9.17) is 0 Å². The van der Waals surface area contributed by atoms with Crippen LogP contribution in [0.1, 0.15) is 28.9 Å². The number of aromatic nitrogens is 1. The first kappa shape index (κ1) is 16.5. The highest BCUT2D eigenvalue weighted by Gasteiger charge is 2.24. The maximum absolute atomic E-state index is 13.7. The highest BCUT2D eigenvalue weighted by molar-refractivity contribution is 5.94. The van der Waals surface area contributed by atoms with Gasteiger partial charge >= 0.3 is 0 Å². The SMILES string of the molecule is O=C(NC1CCCN(Cc2ccccn2)C1)c1c(F)cccc1F. The number of hydrogen-bond acceptors (Lipinski definition) is 3. The molecule has 0 radical (unpaired) electrons. The van der Waals surface area contributed by atoms with Gasteiger partial charge in [-0.15, -0.1) is 0 Å². The average molecular weight is 331 g/mol. The minimum Gasteiger partial charge on any atom is -0.348 e. The van der Waals surface area contributed by atoms with Crippen LogP contribution in [0.4, 0.5) is 8.78 Å². The maximum Gasteiger partial charge on any atom is 0.257 e. The number of nitrogens with one attached hydrogen (secondary N) is 1. The maximum atomic E-state index is 13.7. The van der Waals surface area contributed by atoms with Gasteiger partial charge in [-0.1, -0.05) is 12.1 Å². The topological polar surface area (TPSA) is 45.2 Å². The Hall–Kier alpha value is -2.34. The number of benzene rings is 1. The number of pyridine rings is 1. The third-order valence-electron chi connectivity index (χ3n) is 4.14. The molecule has 1 N–H and O–H groups in total. The molecule has 1 unspecified atom stereocenters. The summed E-state index contributed by atoms with van der Waals surface area (Å²) < 4.78 is 27.4. The predicted molar refractivity (Wildman–Crippen MR) is 86.4 cm³/mol. The van der Waals surface area contributed by atoms with Crippen molar-refractivity contribution >= 4 is 5.91 Å². The molecule has 2 heterocycles. The second-order valence-electron chi connectivity index (χ2n) is 5.97. The molecule has 1 fully saturated rings. The van der Waals surface area contributed by atoms with Crippen LogP contribution >= 0.6 is 0 Å². The molecular formula is C18H19F2N3O. The molecule has 6 heteroatoms. The number of amides is 1. The van der Waals surface area contributed by atoms with Crippen molar-refractivity contribution in [2.45, 2.75) is 25.4 Å². The van der Waals surface area contributed by atoms with Crippen molar-refractivity contribution in [2.75, 3.05) is 13.1 Å². The van der Waals surface area contributed by atoms with Crippen LogP contribution in [0.25, 0.3) is 0 Å². The smallest absolute Gasteiger partial charge is 0.257 e. The summed E-state index contributed by atoms with van der Waals surface area (Å²) in [6.45, 7) is 2.25. The predicted octanol–water partition coefficient (Wildman–Crippen LogP) is 2.75. The van der Waals surface area contributed by atoms with E-state index >= 15 is 0 Å². The van der Waals surface area contributed by atoms with E-state index in [1.54, 1.807) is 6.20 Å². The Morgan fingerprint density at radius 2 is 2.00 bits per heavy atom. The summed E-state index contributed by atoms with van der Waals surface area (Å²) in [6.07, 6.45) is 3.46. The third kappa shape index (κ3) is 3.94. The molecule has 1 aromatic heterocycles. The minimum absolute atomic E-state index is 0.131. The van der Waals surface area contributed by atoms with Gasteiger partial charge < -0.3 is 5.32 Å². The summed E-state index contributed by atoms with van der Waals surface area (Å²) in [6, 6.07) is 9.05. The molecule has 1 saturated heterocycles. The fourth-order valence-corrected chi connectivity index (χ4v) is 3.01. The van der Waals surface area contributed by atoms with E-state index in [0.717, 1.165) is 37.2 Å². The molecule has 0 spiro atoms. The zero-order valence-corrected chi connectivity index (χ0v) is 13.2. The summed E-state index contributed by atoms with van der Waals surface area (Å²) >= 11 is 0. The van der Waals surface area contributed by atoms with Gasteiger partial charge in [0.1, 0.15) is 17.2 Å². The van der Waals surface area contributed by atoms with Gasteiger partial charge in [0, 0.05) is 25.3 Å². The van der Waals surface area contributed by atoms with Gasteiger partial charge in [0.05, 0.1) is 5.69 Å². The second-order valence-corrected chi connectivity index (χ2v) is 5.97. The number of hydrogen-bond donors (Lipinski definition) is 1. The average Bonchev–Trinajstić information content (AvgIpc) is 2.56. The fraction of sp³-hybridized carbons (Fsp3) is 0.333. The zero-order chi connectivity index (χ0) is 16.9. The zero-order valence-electron chi connectivity index (χ0n) is 13.2. The Bertz CT molecular complexity index is 688. The molecule has 1 atom stereocenters. The van der Waals surface area contributed by atoms with Crippen LogP contribution in [0.5, 0.6) is 0 Å². The van der Waals surface area contributed by atoms with Crippen molar-refractivity contribution in [1.29, 1.82) is 0 Å². The Labute approximate surface area is 139 Å².